The van der Waals surface area contributed by atoms with Crippen molar-refractivity contribution in [1.29, 1.82) is 0 Å². The molecule has 0 aliphatic heterocycles. The summed E-state index contributed by atoms with van der Waals surface area (Å²) in [5.74, 6) is 0. The van der Waals surface area contributed by atoms with Crippen molar-refractivity contribution in [3.05, 3.63) is 147 Å². The molecule has 0 heterocycles. The first-order valence-electron chi connectivity index (χ1n) is 8.69. The third kappa shape index (κ3) is 25.3. The van der Waals surface area contributed by atoms with Gasteiger partial charge in [-0.05, 0) is 22.3 Å². The zero-order valence-corrected chi connectivity index (χ0v) is 21.2. The van der Waals surface area contributed by atoms with E-state index >= 15 is 0 Å². The van der Waals surface area contributed by atoms with Crippen molar-refractivity contribution in [1.82, 2.24) is 0 Å². The molecule has 36 heavy (non-hydrogen) atoms. The molecule has 178 valence electrons. The molecule has 0 N–H and O–H groups in total. The summed E-state index contributed by atoms with van der Waals surface area (Å²) in [5, 5.41) is 0. The monoisotopic (exact) mass is 554 g/mol. The van der Waals surface area contributed by atoms with E-state index in [9.17, 15) is 0 Å². The third-order valence-corrected chi connectivity index (χ3v) is 3.47. The van der Waals surface area contributed by atoms with Crippen LogP contribution in [0, 0.1) is 39.9 Å². The van der Waals surface area contributed by atoms with Crippen LogP contribution in [0.3, 0.4) is 0 Å². The molecule has 0 radical (unpaired) electrons. The van der Waals surface area contributed by atoms with Crippen LogP contribution in [-0.4, -0.2) is 0 Å². The second-order valence-corrected chi connectivity index (χ2v) is 5.15. The van der Waals surface area contributed by atoms with Gasteiger partial charge in [0.2, 0.25) is 0 Å². The first-order valence-corrected chi connectivity index (χ1v) is 8.69. The molecule has 3 aromatic rings. The molecule has 0 fully saturated rings. The maximum atomic E-state index is 7.50. The Bertz CT molecular complexity index is 917. The van der Waals surface area contributed by atoms with E-state index < -0.39 is 0 Å². The van der Waals surface area contributed by atoms with Crippen LogP contribution in [0.2, 0.25) is 0 Å². The molecule has 0 saturated heterocycles. The molecule has 0 spiro atoms. The quantitative estimate of drug-likeness (QED) is 0.220. The molecule has 0 unspecified atom stereocenters. The van der Waals surface area contributed by atoms with Crippen LogP contribution in [0.1, 0.15) is 22.3 Å². The Hall–Kier alpha value is -3.36. The summed E-state index contributed by atoms with van der Waals surface area (Å²) in [6.07, 6.45) is 8.55. The predicted molar refractivity (Wildman–Crippen MR) is 121 cm³/mol. The SMILES string of the molecule is C(=C\c1ccc(/C=C/c2ccccc2)cc1)/c1ccccc1.[C-]#[O+].[C-]#[O+].[C-]#[O+].[C-]#[O+].[C-]#[O+].[C-]#[O+].[Cr].[Cr]. The van der Waals surface area contributed by atoms with Crippen LogP contribution >= 0.6 is 0 Å². The molecule has 6 nitrogen and oxygen atoms in total. The average molecular weight is 554 g/mol. The number of hydrogen-bond acceptors (Lipinski definition) is 0. The largest absolute Gasteiger partial charge is 0 e. The fourth-order valence-electron chi connectivity index (χ4n) is 2.23. The molecule has 3 rings (SSSR count). The van der Waals surface area contributed by atoms with Gasteiger partial charge in [0, 0.05) is 34.7 Å². The first kappa shape index (κ1) is 46.0. The van der Waals surface area contributed by atoms with E-state index in [2.05, 4.69) is 137 Å². The van der Waals surface area contributed by atoms with Crippen molar-refractivity contribution in [2.24, 2.45) is 0 Å². The molecule has 0 amide bonds. The standard InChI is InChI=1S/C22H18.6CO.2Cr/c1-3-7-19(8-4-1)11-13-21-15-17-22(18-16-21)14-12-20-9-5-2-6-10-20;6*1-2;;/h1-18H;;;;;;;;/b13-11+,14-12+;;;;;;;;. The van der Waals surface area contributed by atoms with Gasteiger partial charge in [-0.25, -0.2) is 0 Å². The number of rotatable bonds is 4. The molecular formula is C28H18Cr2O6. The van der Waals surface area contributed by atoms with Crippen LogP contribution in [0.25, 0.3) is 24.3 Å². The molecule has 3 aromatic carbocycles. The Morgan fingerprint density at radius 3 is 0.667 bits per heavy atom. The summed E-state index contributed by atoms with van der Waals surface area (Å²) in [4.78, 5) is 0. The van der Waals surface area contributed by atoms with Gasteiger partial charge in [0.25, 0.3) is 0 Å². The van der Waals surface area contributed by atoms with Crippen LogP contribution in [0.15, 0.2) is 84.9 Å². The summed E-state index contributed by atoms with van der Waals surface area (Å²) < 4.78 is 45.0. The van der Waals surface area contributed by atoms with E-state index in [1.54, 1.807) is 0 Å². The number of benzene rings is 3. The maximum absolute atomic E-state index is 7.50. The van der Waals surface area contributed by atoms with Crippen molar-refractivity contribution in [3.63, 3.8) is 0 Å². The fraction of sp³-hybridized carbons (Fsp3) is 0. The summed E-state index contributed by atoms with van der Waals surface area (Å²) in [6, 6.07) is 29.3. The Morgan fingerprint density at radius 1 is 0.306 bits per heavy atom. The van der Waals surface area contributed by atoms with E-state index in [-0.39, 0.29) is 34.7 Å². The van der Waals surface area contributed by atoms with Crippen LogP contribution in [0.5, 0.6) is 0 Å². The number of hydrogen-bond donors (Lipinski definition) is 0. The van der Waals surface area contributed by atoms with Crippen molar-refractivity contribution in [2.75, 3.05) is 0 Å². The van der Waals surface area contributed by atoms with Gasteiger partial charge in [-0.15, -0.1) is 0 Å². The summed E-state index contributed by atoms with van der Waals surface area (Å²) >= 11 is 0. The molecule has 0 aliphatic rings. The van der Waals surface area contributed by atoms with E-state index in [1.807, 2.05) is 12.1 Å². The average Bonchev–Trinajstić information content (AvgIpc) is 2.99. The predicted octanol–water partition coefficient (Wildman–Crippen LogP) is 5.80. The Kier molecular flexibility index (Phi) is 53.5. The van der Waals surface area contributed by atoms with Crippen molar-refractivity contribution < 1.29 is 62.6 Å². The van der Waals surface area contributed by atoms with Gasteiger partial charge in [0.15, 0.2) is 0 Å². The minimum Gasteiger partial charge on any atom is 0 e. The van der Waals surface area contributed by atoms with Crippen molar-refractivity contribution >= 4 is 24.3 Å². The fourth-order valence-corrected chi connectivity index (χ4v) is 2.23. The van der Waals surface area contributed by atoms with Gasteiger partial charge in [0.05, 0.1) is 0 Å². The molecule has 0 aromatic heterocycles. The molecule has 8 heteroatoms. The molecule has 0 saturated carbocycles. The van der Waals surface area contributed by atoms with Gasteiger partial charge in [-0.2, -0.15) is 0 Å². The van der Waals surface area contributed by atoms with Crippen molar-refractivity contribution in [3.8, 4) is 0 Å². The third-order valence-electron chi connectivity index (χ3n) is 3.47. The second kappa shape index (κ2) is 41.9. The Labute approximate surface area is 233 Å². The Morgan fingerprint density at radius 2 is 0.472 bits per heavy atom. The van der Waals surface area contributed by atoms with E-state index in [4.69, 9.17) is 27.9 Å². The molecule has 0 atom stereocenters. The van der Waals surface area contributed by atoms with E-state index in [0.29, 0.717) is 0 Å². The summed E-state index contributed by atoms with van der Waals surface area (Å²) in [7, 11) is 0. The minimum absolute atomic E-state index is 0. The molecular weight excluding hydrogens is 536 g/mol. The van der Waals surface area contributed by atoms with Crippen LogP contribution in [0.4, 0.5) is 0 Å². The maximum Gasteiger partial charge on any atom is 0 e. The summed E-state index contributed by atoms with van der Waals surface area (Å²) in [6.45, 7) is 27.0. The zero-order chi connectivity index (χ0) is 27.0. The molecule has 0 aliphatic carbocycles. The van der Waals surface area contributed by atoms with E-state index in [0.717, 1.165) is 0 Å². The van der Waals surface area contributed by atoms with Gasteiger partial charge < -0.3 is 0 Å². The Balaban J connectivity index is -0.000000142. The van der Waals surface area contributed by atoms with Gasteiger partial charge in [0.1, 0.15) is 0 Å². The smallest absolute Gasteiger partial charge is 0 e. The van der Waals surface area contributed by atoms with Gasteiger partial charge in [-0.3, -0.25) is 0 Å². The first-order chi connectivity index (χ1) is 16.9. The van der Waals surface area contributed by atoms with Crippen LogP contribution < -0.4 is 0 Å². The summed E-state index contributed by atoms with van der Waals surface area (Å²) in [5.41, 5.74) is 4.85. The second-order valence-electron chi connectivity index (χ2n) is 5.15. The minimum atomic E-state index is 0. The van der Waals surface area contributed by atoms with Gasteiger partial charge in [-0.1, -0.05) is 109 Å². The normalized spacial score (nSPS) is 7.22. The van der Waals surface area contributed by atoms with Gasteiger partial charge >= 0.3 is 67.8 Å². The molecule has 0 bridgehead atoms. The van der Waals surface area contributed by atoms with E-state index in [1.165, 1.54) is 22.3 Å². The topological polar surface area (TPSA) is 119 Å². The zero-order valence-electron chi connectivity index (χ0n) is 18.7. The van der Waals surface area contributed by atoms with Crippen LogP contribution in [-0.2, 0) is 62.6 Å². The van der Waals surface area contributed by atoms with Crippen molar-refractivity contribution in [2.45, 2.75) is 0 Å².